The number of hydrogen-bond acceptors (Lipinski definition) is 4. The van der Waals surface area contributed by atoms with Crippen molar-refractivity contribution in [3.05, 3.63) is 194 Å². The van der Waals surface area contributed by atoms with Crippen LogP contribution in [0.15, 0.2) is 176 Å². The van der Waals surface area contributed by atoms with Gasteiger partial charge < -0.3 is 19.4 Å². The van der Waals surface area contributed by atoms with Crippen molar-refractivity contribution in [3.63, 3.8) is 0 Å². The van der Waals surface area contributed by atoms with Crippen LogP contribution in [0, 0.1) is 12.1 Å². The number of rotatable bonds is 5. The zero-order valence-corrected chi connectivity index (χ0v) is 35.1. The van der Waals surface area contributed by atoms with Gasteiger partial charge in [0.1, 0.15) is 0 Å². The van der Waals surface area contributed by atoms with Crippen LogP contribution in [0.1, 0.15) is 26.3 Å². The molecular formula is C52H38BN5Pt. The molecule has 2 aliphatic heterocycles. The van der Waals surface area contributed by atoms with Crippen LogP contribution in [0.4, 0.5) is 34.1 Å². The Morgan fingerprint density at radius 3 is 1.68 bits per heavy atom. The van der Waals surface area contributed by atoms with Gasteiger partial charge in [0, 0.05) is 34.6 Å². The molecule has 7 aromatic carbocycles. The van der Waals surface area contributed by atoms with E-state index in [2.05, 4.69) is 217 Å². The number of benzene rings is 7. The van der Waals surface area contributed by atoms with E-state index in [9.17, 15) is 0 Å². The van der Waals surface area contributed by atoms with Gasteiger partial charge in [0.05, 0.1) is 16.9 Å². The fourth-order valence-electron chi connectivity index (χ4n) is 8.83. The van der Waals surface area contributed by atoms with Crippen molar-refractivity contribution in [1.29, 1.82) is 0 Å². The summed E-state index contributed by atoms with van der Waals surface area (Å²) in [4.78, 5) is 15.0. The van der Waals surface area contributed by atoms with Crippen molar-refractivity contribution in [3.8, 4) is 28.3 Å². The molecule has 0 aliphatic carbocycles. The molecule has 59 heavy (non-hydrogen) atoms. The van der Waals surface area contributed by atoms with E-state index in [-0.39, 0.29) is 33.2 Å². The molecule has 0 radical (unpaired) electrons. The Labute approximate surface area is 360 Å². The van der Waals surface area contributed by atoms with E-state index in [0.29, 0.717) is 0 Å². The van der Waals surface area contributed by atoms with Crippen molar-refractivity contribution in [2.75, 3.05) is 9.80 Å². The minimum atomic E-state index is -0.184. The molecule has 0 bridgehead atoms. The summed E-state index contributed by atoms with van der Waals surface area (Å²) in [5.41, 5.74) is 17.1. The first-order valence-corrected chi connectivity index (χ1v) is 19.9. The fourth-order valence-corrected chi connectivity index (χ4v) is 8.83. The third-order valence-corrected chi connectivity index (χ3v) is 11.5. The smallest absolute Gasteiger partial charge is 0.353 e. The Morgan fingerprint density at radius 1 is 0.525 bits per heavy atom. The van der Waals surface area contributed by atoms with Gasteiger partial charge in [0.25, 0.3) is 0 Å². The molecule has 0 spiro atoms. The molecule has 0 fully saturated rings. The minimum Gasteiger partial charge on any atom is -0.353 e. The third-order valence-electron chi connectivity index (χ3n) is 11.5. The first-order chi connectivity index (χ1) is 28.4. The molecule has 9 aromatic rings. The van der Waals surface area contributed by atoms with Crippen molar-refractivity contribution < 1.29 is 21.1 Å². The second-order valence-corrected chi connectivity index (χ2v) is 16.1. The standard InChI is InChI=1S/C52H38BN5.Pt/c1-52(2,3)37-30-31-54-44(34-37)35-26-28-45-41(32-35)53-42-33-36(51-55-43-22-13-14-23-47(43)58(51)40-20-11-6-12-21-40)27-29-46(42)57(39-18-9-5-10-19-39)49-25-15-24-48(50(49)53)56(45)38-16-7-4-8-17-38;/h4-31,34H,1-3H3;/q-2;+2. The topological polar surface area (TPSA) is 37.2 Å². The largest absolute Gasteiger partial charge is 2.00 e. The maximum atomic E-state index is 5.28. The summed E-state index contributed by atoms with van der Waals surface area (Å²) >= 11 is 0. The number of hydrogen-bond donors (Lipinski definition) is 0. The van der Waals surface area contributed by atoms with Crippen LogP contribution < -0.4 is 26.2 Å². The first kappa shape index (κ1) is 36.8. The molecule has 284 valence electrons. The van der Waals surface area contributed by atoms with Crippen molar-refractivity contribution >= 4 is 68.3 Å². The van der Waals surface area contributed by atoms with E-state index in [1.807, 2.05) is 6.20 Å². The number of anilines is 6. The number of aromatic nitrogens is 3. The van der Waals surface area contributed by atoms with Gasteiger partial charge in [-0.15, -0.1) is 58.5 Å². The fraction of sp³-hybridized carbons (Fsp3) is 0.0769. The molecular weight excluding hydrogens is 900 g/mol. The molecule has 4 heterocycles. The van der Waals surface area contributed by atoms with Gasteiger partial charge in [0.2, 0.25) is 6.71 Å². The number of nitrogens with zero attached hydrogens (tertiary/aromatic N) is 5. The van der Waals surface area contributed by atoms with Crippen LogP contribution in [-0.4, -0.2) is 21.2 Å². The number of pyridine rings is 1. The molecule has 0 N–H and O–H groups in total. The Morgan fingerprint density at radius 2 is 1.07 bits per heavy atom. The minimum absolute atomic E-state index is 0. The second kappa shape index (κ2) is 14.4. The van der Waals surface area contributed by atoms with Crippen molar-refractivity contribution in [2.45, 2.75) is 26.2 Å². The average molecular weight is 939 g/mol. The predicted molar refractivity (Wildman–Crippen MR) is 240 cm³/mol. The van der Waals surface area contributed by atoms with Gasteiger partial charge in [0.15, 0.2) is 0 Å². The van der Waals surface area contributed by atoms with Crippen LogP contribution in [0.3, 0.4) is 0 Å². The summed E-state index contributed by atoms with van der Waals surface area (Å²) in [5, 5.41) is 0. The third kappa shape index (κ3) is 6.05. The molecule has 5 nitrogen and oxygen atoms in total. The summed E-state index contributed by atoms with van der Waals surface area (Å²) in [7, 11) is 0. The van der Waals surface area contributed by atoms with Crippen LogP contribution in [0.2, 0.25) is 0 Å². The zero-order valence-electron chi connectivity index (χ0n) is 32.9. The van der Waals surface area contributed by atoms with Gasteiger partial charge >= 0.3 is 21.1 Å². The number of imidazole rings is 1. The maximum Gasteiger partial charge on any atom is 2.00 e. The molecule has 0 saturated carbocycles. The van der Waals surface area contributed by atoms with E-state index in [0.717, 1.165) is 84.4 Å². The Bertz CT molecular complexity index is 3000. The molecule has 2 aliphatic rings. The summed E-state index contributed by atoms with van der Waals surface area (Å²) in [6.45, 7) is 6.55. The number of fused-ring (bicyclic) bond motifs is 5. The van der Waals surface area contributed by atoms with E-state index >= 15 is 0 Å². The maximum absolute atomic E-state index is 5.28. The van der Waals surface area contributed by atoms with Crippen LogP contribution >= 0.6 is 0 Å². The molecule has 0 unspecified atom stereocenters. The molecule has 0 atom stereocenters. The first-order valence-electron chi connectivity index (χ1n) is 19.9. The quantitative estimate of drug-likeness (QED) is 0.127. The van der Waals surface area contributed by atoms with Crippen LogP contribution in [0.5, 0.6) is 0 Å². The van der Waals surface area contributed by atoms with E-state index in [1.54, 1.807) is 0 Å². The molecule has 2 aromatic heterocycles. The van der Waals surface area contributed by atoms with Crippen molar-refractivity contribution in [1.82, 2.24) is 14.5 Å². The SMILES string of the molecule is CC(C)(C)c1ccnc(-c2[c-]c3c(cc2)N(c2ccccc2)c2cccc4c2B3c2[c-]c(-c3nc5ccccc5n3-c3ccccc3)ccc2N4c2ccccc2)c1.[Pt+2]. The summed E-state index contributed by atoms with van der Waals surface area (Å²) in [6.07, 6.45) is 1.93. The zero-order chi connectivity index (χ0) is 39.0. The monoisotopic (exact) mass is 938 g/mol. The van der Waals surface area contributed by atoms with Crippen LogP contribution in [-0.2, 0) is 26.5 Å². The Balaban J connectivity index is 0.00000420. The van der Waals surface area contributed by atoms with Crippen molar-refractivity contribution in [2.24, 2.45) is 0 Å². The van der Waals surface area contributed by atoms with Gasteiger partial charge in [-0.05, 0) is 100 Å². The molecule has 0 saturated heterocycles. The molecule has 0 amide bonds. The van der Waals surface area contributed by atoms with E-state index in [4.69, 9.17) is 9.97 Å². The van der Waals surface area contributed by atoms with Gasteiger partial charge in [-0.2, -0.15) is 0 Å². The summed E-state index contributed by atoms with van der Waals surface area (Å²) < 4.78 is 2.26. The molecule has 11 rings (SSSR count). The summed E-state index contributed by atoms with van der Waals surface area (Å²) in [5.74, 6) is 0.850. The Kier molecular flexibility index (Phi) is 8.99. The molecule has 7 heteroatoms. The Hall–Kier alpha value is -6.49. The van der Waals surface area contributed by atoms with Crippen LogP contribution in [0.25, 0.3) is 39.4 Å². The van der Waals surface area contributed by atoms with E-state index < -0.39 is 0 Å². The van der Waals surface area contributed by atoms with Gasteiger partial charge in [-0.3, -0.25) is 4.98 Å². The number of para-hydroxylation sites is 5. The van der Waals surface area contributed by atoms with E-state index in [1.165, 1.54) is 11.0 Å². The summed E-state index contributed by atoms with van der Waals surface area (Å²) in [6, 6.07) is 68.3. The van der Waals surface area contributed by atoms with Gasteiger partial charge in [-0.1, -0.05) is 99.6 Å². The average Bonchev–Trinajstić information content (AvgIpc) is 3.66. The normalized spacial score (nSPS) is 12.8. The second-order valence-electron chi connectivity index (χ2n) is 16.1. The predicted octanol–water partition coefficient (Wildman–Crippen LogP) is 10.7. The van der Waals surface area contributed by atoms with Gasteiger partial charge in [-0.25, -0.2) is 0 Å².